The van der Waals surface area contributed by atoms with E-state index >= 15 is 0 Å². The van der Waals surface area contributed by atoms with Crippen LogP contribution >= 0.6 is 11.6 Å². The van der Waals surface area contributed by atoms with Crippen molar-refractivity contribution in [1.29, 1.82) is 0 Å². The van der Waals surface area contributed by atoms with Gasteiger partial charge in [0, 0.05) is 11.6 Å². The Kier molecular flexibility index (Phi) is 4.24. The highest BCUT2D eigenvalue weighted by atomic mass is 35.5. The van der Waals surface area contributed by atoms with Crippen molar-refractivity contribution in [1.82, 2.24) is 4.72 Å². The van der Waals surface area contributed by atoms with Crippen LogP contribution in [-0.2, 0) is 14.8 Å². The third-order valence-electron chi connectivity index (χ3n) is 3.14. The zero-order valence-corrected chi connectivity index (χ0v) is 12.5. The van der Waals surface area contributed by atoms with Crippen LogP contribution in [-0.4, -0.2) is 27.2 Å². The Bertz CT molecular complexity index is 615. The lowest BCUT2D eigenvalue weighted by molar-refractivity contribution is 0.0386. The van der Waals surface area contributed by atoms with E-state index in [2.05, 4.69) is 4.72 Å². The van der Waals surface area contributed by atoms with Gasteiger partial charge in [0.1, 0.15) is 4.90 Å². The molecule has 1 atom stereocenters. The van der Waals surface area contributed by atoms with Gasteiger partial charge < -0.3 is 10.5 Å². The summed E-state index contributed by atoms with van der Waals surface area (Å²) in [6.07, 6.45) is 1.35. The van der Waals surface area contributed by atoms with Crippen LogP contribution < -0.4 is 10.5 Å². The Hall–Kier alpha value is -0.890. The van der Waals surface area contributed by atoms with Crippen LogP contribution in [0.5, 0.6) is 0 Å². The molecular formula is C12H16ClFN2O3S. The van der Waals surface area contributed by atoms with Crippen molar-refractivity contribution in [2.45, 2.75) is 30.2 Å². The van der Waals surface area contributed by atoms with Crippen LogP contribution in [0.4, 0.5) is 10.1 Å². The summed E-state index contributed by atoms with van der Waals surface area (Å²) in [5, 5.41) is 0.0642. The molecular weight excluding hydrogens is 307 g/mol. The lowest BCUT2D eigenvalue weighted by atomic mass is 9.97. The molecule has 1 aliphatic rings. The number of benzene rings is 1. The van der Waals surface area contributed by atoms with Gasteiger partial charge in [-0.1, -0.05) is 11.6 Å². The summed E-state index contributed by atoms with van der Waals surface area (Å²) in [5.74, 6) is -0.998. The smallest absolute Gasteiger partial charge is 0.244 e. The van der Waals surface area contributed by atoms with Crippen LogP contribution in [0.1, 0.15) is 19.8 Å². The van der Waals surface area contributed by atoms with Crippen molar-refractivity contribution in [2.75, 3.05) is 18.9 Å². The average Bonchev–Trinajstić information content (AvgIpc) is 2.33. The Morgan fingerprint density at radius 2 is 2.20 bits per heavy atom. The van der Waals surface area contributed by atoms with E-state index in [4.69, 9.17) is 22.1 Å². The lowest BCUT2D eigenvalue weighted by Gasteiger charge is -2.33. The number of ether oxygens (including phenoxy) is 1. The molecule has 0 aliphatic carbocycles. The van der Waals surface area contributed by atoms with Gasteiger partial charge in [0.05, 0.1) is 17.8 Å². The van der Waals surface area contributed by atoms with Crippen LogP contribution in [0.25, 0.3) is 0 Å². The Balaban J connectivity index is 2.36. The second-order valence-electron chi connectivity index (χ2n) is 5.13. The van der Waals surface area contributed by atoms with Gasteiger partial charge in [0.25, 0.3) is 0 Å². The third-order valence-corrected chi connectivity index (χ3v) is 5.00. The molecule has 1 aliphatic heterocycles. The highest BCUT2D eigenvalue weighted by molar-refractivity contribution is 7.89. The van der Waals surface area contributed by atoms with E-state index in [1.807, 2.05) is 0 Å². The van der Waals surface area contributed by atoms with Gasteiger partial charge in [-0.3, -0.25) is 0 Å². The summed E-state index contributed by atoms with van der Waals surface area (Å²) in [7, 11) is -4.06. The fourth-order valence-electron chi connectivity index (χ4n) is 2.17. The minimum Gasteiger partial charge on any atom is -0.396 e. The number of rotatable bonds is 3. The normalized spacial score (nSPS) is 23.8. The predicted octanol–water partition coefficient (Wildman–Crippen LogP) is 1.91. The van der Waals surface area contributed by atoms with E-state index in [0.29, 0.717) is 13.0 Å². The Labute approximate surface area is 122 Å². The van der Waals surface area contributed by atoms with Gasteiger partial charge in [0.2, 0.25) is 10.0 Å². The molecule has 0 radical (unpaired) electrons. The van der Waals surface area contributed by atoms with E-state index in [0.717, 1.165) is 12.5 Å². The van der Waals surface area contributed by atoms with Gasteiger partial charge in [0.15, 0.2) is 5.82 Å². The maximum Gasteiger partial charge on any atom is 0.244 e. The Morgan fingerprint density at radius 3 is 2.80 bits per heavy atom. The number of hydrogen-bond donors (Lipinski definition) is 2. The molecule has 0 amide bonds. The predicted molar refractivity (Wildman–Crippen MR) is 74.6 cm³/mol. The van der Waals surface area contributed by atoms with Gasteiger partial charge >= 0.3 is 0 Å². The van der Waals surface area contributed by atoms with Crippen LogP contribution in [0.15, 0.2) is 17.0 Å². The second-order valence-corrected chi connectivity index (χ2v) is 7.22. The van der Waals surface area contributed by atoms with Gasteiger partial charge in [-0.05, 0) is 31.9 Å². The minimum absolute atomic E-state index is 0.0642. The zero-order chi connectivity index (χ0) is 15.0. The molecule has 5 nitrogen and oxygen atoms in total. The van der Waals surface area contributed by atoms with Crippen molar-refractivity contribution in [3.63, 3.8) is 0 Å². The van der Waals surface area contributed by atoms with Gasteiger partial charge in [-0.15, -0.1) is 0 Å². The van der Waals surface area contributed by atoms with Crippen molar-refractivity contribution in [3.05, 3.63) is 23.0 Å². The number of halogens is 2. The molecule has 1 unspecified atom stereocenters. The van der Waals surface area contributed by atoms with Gasteiger partial charge in [-0.2, -0.15) is 0 Å². The fraction of sp³-hybridized carbons (Fsp3) is 0.500. The van der Waals surface area contributed by atoms with Crippen molar-refractivity contribution in [2.24, 2.45) is 0 Å². The molecule has 1 heterocycles. The monoisotopic (exact) mass is 322 g/mol. The summed E-state index contributed by atoms with van der Waals surface area (Å²) in [6, 6.07) is 2.21. The quantitative estimate of drug-likeness (QED) is 0.833. The number of nitrogen functional groups attached to an aromatic ring is 1. The van der Waals surface area contributed by atoms with E-state index in [1.54, 1.807) is 6.92 Å². The molecule has 112 valence electrons. The summed E-state index contributed by atoms with van der Waals surface area (Å²) < 4.78 is 46.3. The first-order valence-electron chi connectivity index (χ1n) is 6.10. The molecule has 0 spiro atoms. The molecule has 2 rings (SSSR count). The number of sulfonamides is 1. The molecule has 0 aromatic heterocycles. The molecule has 1 aromatic rings. The lowest BCUT2D eigenvalue weighted by Crippen LogP contribution is -2.51. The van der Waals surface area contributed by atoms with E-state index < -0.39 is 26.3 Å². The molecule has 1 aromatic carbocycles. The maximum atomic E-state index is 13.9. The van der Waals surface area contributed by atoms with Crippen molar-refractivity contribution < 1.29 is 17.5 Å². The van der Waals surface area contributed by atoms with Crippen LogP contribution in [0.3, 0.4) is 0 Å². The van der Waals surface area contributed by atoms with E-state index in [1.165, 1.54) is 6.07 Å². The molecule has 1 fully saturated rings. The summed E-state index contributed by atoms with van der Waals surface area (Å²) >= 11 is 5.74. The number of nitrogens with one attached hydrogen (secondary N) is 1. The summed E-state index contributed by atoms with van der Waals surface area (Å²) in [5.41, 5.74) is 4.34. The maximum absolute atomic E-state index is 13.9. The molecule has 0 saturated carbocycles. The van der Waals surface area contributed by atoms with E-state index in [9.17, 15) is 12.8 Å². The Morgan fingerprint density at radius 1 is 1.50 bits per heavy atom. The molecule has 8 heteroatoms. The highest BCUT2D eigenvalue weighted by Crippen LogP contribution is 2.27. The first-order valence-corrected chi connectivity index (χ1v) is 7.96. The number of hydrogen-bond acceptors (Lipinski definition) is 4. The molecule has 0 bridgehead atoms. The first-order chi connectivity index (χ1) is 9.23. The molecule has 1 saturated heterocycles. The minimum atomic E-state index is -4.06. The van der Waals surface area contributed by atoms with E-state index in [-0.39, 0.29) is 17.3 Å². The standard InChI is InChI=1S/C12H16ClFN2O3S/c1-12(3-2-4-19-7-12)16-20(17,18)10-6-8(13)5-9(15)11(10)14/h5-6,16H,2-4,7,15H2,1H3. The molecule has 20 heavy (non-hydrogen) atoms. The summed E-state index contributed by atoms with van der Waals surface area (Å²) in [6.45, 7) is 2.55. The SMILES string of the molecule is CC1(NS(=O)(=O)c2cc(Cl)cc(N)c2F)CCCOC1. The number of anilines is 1. The van der Waals surface area contributed by atoms with Crippen molar-refractivity contribution in [3.8, 4) is 0 Å². The molecule has 3 N–H and O–H groups in total. The van der Waals surface area contributed by atoms with Crippen LogP contribution in [0, 0.1) is 5.82 Å². The summed E-state index contributed by atoms with van der Waals surface area (Å²) in [4.78, 5) is -0.547. The fourth-order valence-corrected chi connectivity index (χ4v) is 4.02. The number of nitrogens with two attached hydrogens (primary N) is 1. The first kappa shape index (κ1) is 15.5. The third kappa shape index (κ3) is 3.22. The van der Waals surface area contributed by atoms with Crippen molar-refractivity contribution >= 4 is 27.3 Å². The largest absolute Gasteiger partial charge is 0.396 e. The van der Waals surface area contributed by atoms with Crippen LogP contribution in [0.2, 0.25) is 5.02 Å². The average molecular weight is 323 g/mol. The zero-order valence-electron chi connectivity index (χ0n) is 10.9. The topological polar surface area (TPSA) is 81.4 Å². The highest BCUT2D eigenvalue weighted by Gasteiger charge is 2.34. The van der Waals surface area contributed by atoms with Gasteiger partial charge in [-0.25, -0.2) is 17.5 Å². The second kappa shape index (κ2) is 5.48.